The fourth-order valence-electron chi connectivity index (χ4n) is 2.62. The zero-order valence-electron chi connectivity index (χ0n) is 10.9. The van der Waals surface area contributed by atoms with Crippen molar-refractivity contribution in [2.24, 2.45) is 5.41 Å². The average Bonchev–Trinajstić information content (AvgIpc) is 2.46. The Hall–Kier alpha value is -1.10. The van der Waals surface area contributed by atoms with Crippen LogP contribution in [-0.2, 0) is 0 Å². The Bertz CT molecular complexity index is 492. The molecule has 5 heteroatoms. The molecule has 2 rings (SSSR count). The number of carbonyl (C=O) groups is 1. The van der Waals surface area contributed by atoms with E-state index < -0.39 is 0 Å². The molecule has 1 aliphatic rings. The van der Waals surface area contributed by atoms with E-state index in [-0.39, 0.29) is 16.9 Å². The van der Waals surface area contributed by atoms with Gasteiger partial charge in [0.25, 0.3) is 5.91 Å². The number of carbonyl (C=O) groups excluding carboxylic acids is 1. The summed E-state index contributed by atoms with van der Waals surface area (Å²) in [6, 6.07) is 2.95. The van der Waals surface area contributed by atoms with Crippen LogP contribution in [0.4, 0.5) is 0 Å². The summed E-state index contributed by atoms with van der Waals surface area (Å²) in [6.45, 7) is 0.671. The predicted octanol–water partition coefficient (Wildman–Crippen LogP) is 2.45. The molecule has 0 aliphatic heterocycles. The number of aromatic amines is 1. The number of rotatable bonds is 4. The first-order valence-electron chi connectivity index (χ1n) is 6.68. The highest BCUT2D eigenvalue weighted by Crippen LogP contribution is 2.37. The molecule has 0 bridgehead atoms. The Labute approximate surface area is 121 Å². The molecule has 104 valence electrons. The molecule has 1 aromatic rings. The molecule has 1 saturated carbocycles. The van der Waals surface area contributed by atoms with Crippen LogP contribution in [0.5, 0.6) is 0 Å². The van der Waals surface area contributed by atoms with Gasteiger partial charge in [-0.05, 0) is 24.3 Å². The third-order valence-electron chi connectivity index (χ3n) is 3.86. The van der Waals surface area contributed by atoms with Gasteiger partial charge in [-0.15, -0.1) is 0 Å². The van der Waals surface area contributed by atoms with E-state index >= 15 is 0 Å². The highest BCUT2D eigenvalue weighted by atomic mass is 79.9. The maximum absolute atomic E-state index is 12.0. The van der Waals surface area contributed by atoms with Crippen LogP contribution in [0.15, 0.2) is 23.1 Å². The molecule has 1 aliphatic carbocycles. The molecule has 1 aromatic heterocycles. The Morgan fingerprint density at radius 3 is 2.74 bits per heavy atom. The lowest BCUT2D eigenvalue weighted by Gasteiger charge is -2.35. The summed E-state index contributed by atoms with van der Waals surface area (Å²) in [5.41, 5.74) is 0.347. The van der Waals surface area contributed by atoms with Gasteiger partial charge < -0.3 is 10.3 Å². The molecule has 0 unspecified atom stereocenters. The van der Waals surface area contributed by atoms with Crippen LogP contribution in [-0.4, -0.2) is 22.8 Å². The van der Waals surface area contributed by atoms with Crippen molar-refractivity contribution < 1.29 is 4.79 Å². The first-order chi connectivity index (χ1) is 9.15. The first-order valence-corrected chi connectivity index (χ1v) is 7.80. The van der Waals surface area contributed by atoms with Crippen LogP contribution < -0.4 is 10.9 Å². The Balaban J connectivity index is 1.97. The summed E-state index contributed by atoms with van der Waals surface area (Å²) < 4.78 is 0. The van der Waals surface area contributed by atoms with Gasteiger partial charge in [-0.2, -0.15) is 0 Å². The van der Waals surface area contributed by atoms with Crippen molar-refractivity contribution in [3.63, 3.8) is 0 Å². The summed E-state index contributed by atoms with van der Waals surface area (Å²) >= 11 is 3.58. The van der Waals surface area contributed by atoms with Crippen molar-refractivity contribution in [3.8, 4) is 0 Å². The fourth-order valence-corrected chi connectivity index (χ4v) is 3.37. The molecule has 0 spiro atoms. The average molecular weight is 327 g/mol. The highest BCUT2D eigenvalue weighted by Gasteiger charge is 2.31. The summed E-state index contributed by atoms with van der Waals surface area (Å²) in [6.07, 6.45) is 7.54. The topological polar surface area (TPSA) is 62.0 Å². The summed E-state index contributed by atoms with van der Waals surface area (Å²) in [5.74, 6) is -0.169. The van der Waals surface area contributed by atoms with E-state index in [1.165, 1.54) is 31.5 Å². The standard InChI is InChI=1S/C14H19BrN2O2/c15-9-14(5-2-1-3-6-14)10-17-13(19)11-4-7-16-12(18)8-11/h4,7-8H,1-3,5-6,9-10H2,(H,16,18)(H,17,19). The van der Waals surface area contributed by atoms with E-state index in [9.17, 15) is 9.59 Å². The molecule has 0 radical (unpaired) electrons. The Morgan fingerprint density at radius 2 is 2.11 bits per heavy atom. The number of H-pyrrole nitrogens is 1. The van der Waals surface area contributed by atoms with Crippen LogP contribution in [0.2, 0.25) is 0 Å². The van der Waals surface area contributed by atoms with Crippen molar-refractivity contribution in [2.45, 2.75) is 32.1 Å². The second kappa shape index (κ2) is 6.37. The third-order valence-corrected chi connectivity index (χ3v) is 5.05. The summed E-state index contributed by atoms with van der Waals surface area (Å²) in [5, 5.41) is 3.88. The SMILES string of the molecule is O=C(NCC1(CBr)CCCCC1)c1cc[nH]c(=O)c1. The van der Waals surface area contributed by atoms with Gasteiger partial charge in [0.2, 0.25) is 5.56 Å². The number of pyridine rings is 1. The van der Waals surface area contributed by atoms with Crippen LogP contribution in [0.3, 0.4) is 0 Å². The lowest BCUT2D eigenvalue weighted by molar-refractivity contribution is 0.0921. The lowest BCUT2D eigenvalue weighted by atomic mass is 9.75. The van der Waals surface area contributed by atoms with Crippen LogP contribution in [0.1, 0.15) is 42.5 Å². The molecule has 0 aromatic carbocycles. The fraction of sp³-hybridized carbons (Fsp3) is 0.571. The second-order valence-electron chi connectivity index (χ2n) is 5.32. The molecule has 1 fully saturated rings. The van der Waals surface area contributed by atoms with Gasteiger partial charge in [-0.3, -0.25) is 9.59 Å². The van der Waals surface area contributed by atoms with Gasteiger partial charge in [-0.1, -0.05) is 35.2 Å². The van der Waals surface area contributed by atoms with E-state index in [4.69, 9.17) is 0 Å². The van der Waals surface area contributed by atoms with Crippen molar-refractivity contribution in [2.75, 3.05) is 11.9 Å². The van der Waals surface area contributed by atoms with E-state index in [2.05, 4.69) is 26.2 Å². The van der Waals surface area contributed by atoms with E-state index in [1.807, 2.05) is 0 Å². The molecule has 2 N–H and O–H groups in total. The highest BCUT2D eigenvalue weighted by molar-refractivity contribution is 9.09. The molecular formula is C14H19BrN2O2. The zero-order valence-corrected chi connectivity index (χ0v) is 12.5. The van der Waals surface area contributed by atoms with Crippen LogP contribution >= 0.6 is 15.9 Å². The molecule has 4 nitrogen and oxygen atoms in total. The predicted molar refractivity (Wildman–Crippen MR) is 78.7 cm³/mol. The minimum absolute atomic E-state index is 0.169. The van der Waals surface area contributed by atoms with Crippen LogP contribution in [0, 0.1) is 5.41 Å². The summed E-state index contributed by atoms with van der Waals surface area (Å²) in [4.78, 5) is 25.7. The van der Waals surface area contributed by atoms with Gasteiger partial charge in [0.1, 0.15) is 0 Å². The van der Waals surface area contributed by atoms with Crippen LogP contribution in [0.25, 0.3) is 0 Å². The maximum Gasteiger partial charge on any atom is 0.251 e. The zero-order chi connectivity index (χ0) is 13.7. The number of hydrogen-bond acceptors (Lipinski definition) is 2. The number of alkyl halides is 1. The quantitative estimate of drug-likeness (QED) is 0.835. The van der Waals surface area contributed by atoms with Gasteiger partial charge in [-0.25, -0.2) is 0 Å². The van der Waals surface area contributed by atoms with Gasteiger partial charge in [0, 0.05) is 29.7 Å². The molecule has 1 amide bonds. The Kier molecular flexibility index (Phi) is 4.80. The second-order valence-corrected chi connectivity index (χ2v) is 5.88. The van der Waals surface area contributed by atoms with Crippen molar-refractivity contribution in [3.05, 3.63) is 34.2 Å². The molecule has 0 atom stereocenters. The number of aromatic nitrogens is 1. The van der Waals surface area contributed by atoms with Crippen molar-refractivity contribution >= 4 is 21.8 Å². The van der Waals surface area contributed by atoms with E-state index in [0.717, 1.165) is 18.2 Å². The molecule has 19 heavy (non-hydrogen) atoms. The van der Waals surface area contributed by atoms with E-state index in [0.29, 0.717) is 12.1 Å². The number of nitrogens with one attached hydrogen (secondary N) is 2. The minimum Gasteiger partial charge on any atom is -0.351 e. The molecule has 0 saturated heterocycles. The lowest BCUT2D eigenvalue weighted by Crippen LogP contribution is -2.40. The first kappa shape index (κ1) is 14.3. The Morgan fingerprint density at radius 1 is 1.37 bits per heavy atom. The monoisotopic (exact) mass is 326 g/mol. The number of hydrogen-bond donors (Lipinski definition) is 2. The van der Waals surface area contributed by atoms with Gasteiger partial charge >= 0.3 is 0 Å². The number of halogens is 1. The normalized spacial score (nSPS) is 17.9. The minimum atomic E-state index is -0.250. The van der Waals surface area contributed by atoms with Crippen molar-refractivity contribution in [1.82, 2.24) is 10.3 Å². The smallest absolute Gasteiger partial charge is 0.251 e. The van der Waals surface area contributed by atoms with Crippen molar-refractivity contribution in [1.29, 1.82) is 0 Å². The summed E-state index contributed by atoms with van der Waals surface area (Å²) in [7, 11) is 0. The van der Waals surface area contributed by atoms with E-state index in [1.54, 1.807) is 6.07 Å². The third kappa shape index (κ3) is 3.69. The van der Waals surface area contributed by atoms with Gasteiger partial charge in [0.15, 0.2) is 0 Å². The molecular weight excluding hydrogens is 308 g/mol. The largest absolute Gasteiger partial charge is 0.351 e. The maximum atomic E-state index is 12.0. The number of amides is 1. The molecule has 1 heterocycles. The van der Waals surface area contributed by atoms with Gasteiger partial charge in [0.05, 0.1) is 0 Å².